The van der Waals surface area contributed by atoms with Gasteiger partial charge in [0.1, 0.15) is 17.4 Å². The third-order valence-corrected chi connectivity index (χ3v) is 8.30. The summed E-state index contributed by atoms with van der Waals surface area (Å²) in [6, 6.07) is 11.8. The number of benzene rings is 2. The van der Waals surface area contributed by atoms with Crippen LogP contribution in [0.3, 0.4) is 0 Å². The number of carbonyl (C=O) groups is 1. The van der Waals surface area contributed by atoms with Gasteiger partial charge in [-0.1, -0.05) is 24.6 Å². The Morgan fingerprint density at radius 3 is 2.77 bits per heavy atom. The minimum Gasteiger partial charge on any atom is -0.461 e. The Kier molecular flexibility index (Phi) is 6.64. The maximum atomic E-state index is 13.1. The molecule has 0 spiro atoms. The lowest BCUT2D eigenvalue weighted by atomic mass is 9.96. The summed E-state index contributed by atoms with van der Waals surface area (Å²) in [6.07, 6.45) is 8.36. The monoisotopic (exact) mass is 495 g/mol. The summed E-state index contributed by atoms with van der Waals surface area (Å²) < 4.78 is 34.6. The number of fused-ring (bicyclic) bond motifs is 4. The second-order valence-corrected chi connectivity index (χ2v) is 10.8. The predicted octanol–water partition coefficient (Wildman–Crippen LogP) is 4.36. The number of amides is 1. The molecule has 184 valence electrons. The fourth-order valence-electron chi connectivity index (χ4n) is 4.99. The van der Waals surface area contributed by atoms with E-state index in [0.29, 0.717) is 12.0 Å². The number of hydrogen-bond acceptors (Lipinski definition) is 5. The van der Waals surface area contributed by atoms with E-state index in [1.54, 1.807) is 17.6 Å². The van der Waals surface area contributed by atoms with Gasteiger partial charge in [-0.05, 0) is 62.3 Å². The molecule has 2 aromatic heterocycles. The lowest BCUT2D eigenvalue weighted by Gasteiger charge is -2.17. The van der Waals surface area contributed by atoms with Crippen molar-refractivity contribution >= 4 is 37.8 Å². The fraction of sp³-hybridized carbons (Fsp3) is 0.346. The number of rotatable bonds is 9. The Bertz CT molecular complexity index is 1470. The Hall–Kier alpha value is -3.14. The van der Waals surface area contributed by atoms with Crippen LogP contribution < -0.4 is 10.2 Å². The highest BCUT2D eigenvalue weighted by atomic mass is 32.2. The SMILES string of the molecule is O=C(NO)[C@H](CCCCc1c[nH]c2ccccc12)NS(=O)(=O)c1ccc2c3c(oc2c1)CCCC3. The van der Waals surface area contributed by atoms with Crippen LogP contribution in [-0.4, -0.2) is 30.6 Å². The Labute approximate surface area is 203 Å². The molecular formula is C26H29N3O5S. The molecular weight excluding hydrogens is 466 g/mol. The Balaban J connectivity index is 1.26. The van der Waals surface area contributed by atoms with Gasteiger partial charge >= 0.3 is 0 Å². The summed E-state index contributed by atoms with van der Waals surface area (Å²) in [7, 11) is -4.00. The topological polar surface area (TPSA) is 124 Å². The van der Waals surface area contributed by atoms with Gasteiger partial charge in [0.2, 0.25) is 10.0 Å². The molecule has 35 heavy (non-hydrogen) atoms. The first-order valence-corrected chi connectivity index (χ1v) is 13.5. The quantitative estimate of drug-likeness (QED) is 0.156. The lowest BCUT2D eigenvalue weighted by molar-refractivity contribution is -0.131. The number of H-pyrrole nitrogens is 1. The van der Waals surface area contributed by atoms with E-state index in [1.807, 2.05) is 24.4 Å². The zero-order valence-electron chi connectivity index (χ0n) is 19.3. The number of sulfonamides is 1. The molecule has 0 saturated carbocycles. The van der Waals surface area contributed by atoms with Gasteiger partial charge in [-0.15, -0.1) is 0 Å². The van der Waals surface area contributed by atoms with Crippen molar-refractivity contribution in [3.63, 3.8) is 0 Å². The van der Waals surface area contributed by atoms with E-state index in [-0.39, 0.29) is 11.3 Å². The first kappa shape index (κ1) is 23.6. The number of aromatic nitrogens is 1. The molecule has 1 atom stereocenters. The number of aryl methyl sites for hydroxylation is 3. The van der Waals surface area contributed by atoms with Crippen molar-refractivity contribution in [1.29, 1.82) is 0 Å². The van der Waals surface area contributed by atoms with Crippen molar-refractivity contribution in [2.75, 3.05) is 0 Å². The number of hydroxylamine groups is 1. The molecule has 0 saturated heterocycles. The minimum absolute atomic E-state index is 0.0330. The van der Waals surface area contributed by atoms with Gasteiger partial charge in [0, 0.05) is 40.5 Å². The molecule has 0 fully saturated rings. The Morgan fingerprint density at radius 2 is 1.91 bits per heavy atom. The van der Waals surface area contributed by atoms with Crippen molar-refractivity contribution in [2.24, 2.45) is 0 Å². The number of furan rings is 1. The average molecular weight is 496 g/mol. The third-order valence-electron chi connectivity index (χ3n) is 6.83. The summed E-state index contributed by atoms with van der Waals surface area (Å²) in [5, 5.41) is 11.3. The normalized spacial score (nSPS) is 14.8. The second-order valence-electron chi connectivity index (χ2n) is 9.12. The van der Waals surface area contributed by atoms with Crippen molar-refractivity contribution in [2.45, 2.75) is 62.3 Å². The Morgan fingerprint density at radius 1 is 1.09 bits per heavy atom. The number of hydrogen-bond donors (Lipinski definition) is 4. The highest BCUT2D eigenvalue weighted by molar-refractivity contribution is 7.89. The zero-order chi connectivity index (χ0) is 24.4. The number of carbonyl (C=O) groups excluding carboxylic acids is 1. The van der Waals surface area contributed by atoms with Crippen LogP contribution in [0.25, 0.3) is 21.9 Å². The van der Waals surface area contributed by atoms with E-state index in [0.717, 1.165) is 66.1 Å². The van der Waals surface area contributed by atoms with E-state index in [4.69, 9.17) is 4.42 Å². The lowest BCUT2D eigenvalue weighted by Crippen LogP contribution is -2.45. The average Bonchev–Trinajstić information content (AvgIpc) is 3.46. The van der Waals surface area contributed by atoms with Crippen LogP contribution in [0.15, 0.2) is 58.0 Å². The third kappa shape index (κ3) is 4.84. The molecule has 1 aliphatic rings. The van der Waals surface area contributed by atoms with Crippen LogP contribution in [0.4, 0.5) is 0 Å². The molecule has 9 heteroatoms. The summed E-state index contributed by atoms with van der Waals surface area (Å²) in [5.41, 5.74) is 5.55. The number of nitrogens with one attached hydrogen (secondary N) is 3. The van der Waals surface area contributed by atoms with Crippen molar-refractivity contribution < 1.29 is 22.8 Å². The van der Waals surface area contributed by atoms with Crippen molar-refractivity contribution in [3.8, 4) is 0 Å². The molecule has 1 amide bonds. The zero-order valence-corrected chi connectivity index (χ0v) is 20.2. The first-order valence-electron chi connectivity index (χ1n) is 12.0. The van der Waals surface area contributed by atoms with Crippen molar-refractivity contribution in [1.82, 2.24) is 15.2 Å². The molecule has 8 nitrogen and oxygen atoms in total. The number of para-hydroxylation sites is 1. The second kappa shape index (κ2) is 9.85. The molecule has 0 radical (unpaired) electrons. The molecule has 2 heterocycles. The predicted molar refractivity (Wildman–Crippen MR) is 133 cm³/mol. The fourth-order valence-corrected chi connectivity index (χ4v) is 6.24. The number of unbranched alkanes of at least 4 members (excludes halogenated alkanes) is 1. The highest BCUT2D eigenvalue weighted by Crippen LogP contribution is 2.33. The van der Waals surface area contributed by atoms with E-state index in [1.165, 1.54) is 11.6 Å². The molecule has 0 unspecified atom stereocenters. The van der Waals surface area contributed by atoms with Gasteiger partial charge < -0.3 is 9.40 Å². The molecule has 1 aliphatic carbocycles. The maximum Gasteiger partial charge on any atom is 0.261 e. The first-order chi connectivity index (χ1) is 17.0. The minimum atomic E-state index is -4.00. The van der Waals surface area contributed by atoms with Gasteiger partial charge in [0.25, 0.3) is 5.91 Å². The van der Waals surface area contributed by atoms with Crippen LogP contribution in [0.2, 0.25) is 0 Å². The van der Waals surface area contributed by atoms with Crippen LogP contribution in [0, 0.1) is 0 Å². The van der Waals surface area contributed by atoms with Gasteiger partial charge in [-0.2, -0.15) is 4.72 Å². The summed E-state index contributed by atoms with van der Waals surface area (Å²) in [5.74, 6) is 0.150. The van der Waals surface area contributed by atoms with Crippen molar-refractivity contribution in [3.05, 3.63) is 65.5 Å². The van der Waals surface area contributed by atoms with Gasteiger partial charge in [0.05, 0.1) is 4.90 Å². The highest BCUT2D eigenvalue weighted by Gasteiger charge is 2.27. The van der Waals surface area contributed by atoms with Gasteiger partial charge in [0.15, 0.2) is 0 Å². The van der Waals surface area contributed by atoms with Gasteiger partial charge in [-0.3, -0.25) is 10.0 Å². The standard InChI is InChI=1S/C26H29N3O5S/c30-26(28-31)23(11-4-1-7-17-16-27-22-10-5-2-8-19(17)22)29-35(32,33)18-13-14-21-20-9-3-6-12-24(20)34-25(21)15-18/h2,5,8,10,13-16,23,27,29,31H,1,3-4,6-7,9,11-12H2,(H,28,30)/t23-/m0/s1. The molecule has 4 N–H and O–H groups in total. The molecule has 0 aliphatic heterocycles. The van der Waals surface area contributed by atoms with E-state index in [2.05, 4.69) is 15.8 Å². The van der Waals surface area contributed by atoms with Crippen LogP contribution in [-0.2, 0) is 34.1 Å². The molecule has 4 aromatic rings. The summed E-state index contributed by atoms with van der Waals surface area (Å²) in [6.45, 7) is 0. The van der Waals surface area contributed by atoms with Crippen LogP contribution >= 0.6 is 0 Å². The van der Waals surface area contributed by atoms with Crippen LogP contribution in [0.5, 0.6) is 0 Å². The molecule has 0 bridgehead atoms. The largest absolute Gasteiger partial charge is 0.461 e. The maximum absolute atomic E-state index is 13.1. The van der Waals surface area contributed by atoms with E-state index >= 15 is 0 Å². The van der Waals surface area contributed by atoms with E-state index < -0.39 is 22.0 Å². The molecule has 2 aromatic carbocycles. The van der Waals surface area contributed by atoms with Crippen LogP contribution in [0.1, 0.15) is 49.0 Å². The summed E-state index contributed by atoms with van der Waals surface area (Å²) in [4.78, 5) is 15.5. The van der Waals surface area contributed by atoms with E-state index in [9.17, 15) is 18.4 Å². The summed E-state index contributed by atoms with van der Waals surface area (Å²) >= 11 is 0. The smallest absolute Gasteiger partial charge is 0.261 e. The molecule has 5 rings (SSSR count). The number of aromatic amines is 1. The van der Waals surface area contributed by atoms with Gasteiger partial charge in [-0.25, -0.2) is 13.9 Å².